The molecular formula is C19H14O4. The number of carbonyl (C=O) groups excluding carboxylic acids is 1. The molecule has 4 nitrogen and oxygen atoms in total. The third-order valence-corrected chi connectivity index (χ3v) is 4.10. The van der Waals surface area contributed by atoms with E-state index in [2.05, 4.69) is 0 Å². The van der Waals surface area contributed by atoms with Crippen molar-refractivity contribution >= 4 is 16.8 Å². The van der Waals surface area contributed by atoms with Crippen molar-refractivity contribution in [2.45, 2.75) is 19.1 Å². The molecule has 23 heavy (non-hydrogen) atoms. The molecule has 1 saturated heterocycles. The summed E-state index contributed by atoms with van der Waals surface area (Å²) in [5.74, 6) is -0.109. The van der Waals surface area contributed by atoms with Crippen LogP contribution in [0.4, 0.5) is 0 Å². The molecule has 0 amide bonds. The van der Waals surface area contributed by atoms with Gasteiger partial charge >= 0.3 is 0 Å². The fourth-order valence-electron chi connectivity index (χ4n) is 2.72. The van der Waals surface area contributed by atoms with E-state index in [0.717, 1.165) is 5.56 Å². The smallest absolute Gasteiger partial charge is 0.198 e. The van der Waals surface area contributed by atoms with Crippen molar-refractivity contribution in [3.63, 3.8) is 0 Å². The third-order valence-electron chi connectivity index (χ3n) is 4.10. The minimum atomic E-state index is -0.609. The van der Waals surface area contributed by atoms with E-state index >= 15 is 0 Å². The van der Waals surface area contributed by atoms with Gasteiger partial charge in [0.05, 0.1) is 10.9 Å². The largest absolute Gasteiger partial charge is 0.464 e. The SMILES string of the molecule is Cc1ccc(C(=O)C2OC2c2coc3ccccc3c2=O)cc1. The van der Waals surface area contributed by atoms with Crippen molar-refractivity contribution in [1.82, 2.24) is 0 Å². The van der Waals surface area contributed by atoms with Crippen LogP contribution < -0.4 is 5.43 Å². The van der Waals surface area contributed by atoms with Gasteiger partial charge in [-0.15, -0.1) is 0 Å². The van der Waals surface area contributed by atoms with Crippen LogP contribution in [0.1, 0.15) is 27.6 Å². The lowest BCUT2D eigenvalue weighted by Gasteiger charge is -2.00. The molecule has 3 aromatic rings. The highest BCUT2D eigenvalue weighted by molar-refractivity contribution is 6.01. The monoisotopic (exact) mass is 306 g/mol. The van der Waals surface area contributed by atoms with Gasteiger partial charge < -0.3 is 9.15 Å². The second kappa shape index (κ2) is 5.18. The van der Waals surface area contributed by atoms with E-state index in [1.807, 2.05) is 25.1 Å². The Morgan fingerprint density at radius 3 is 2.57 bits per heavy atom. The zero-order valence-corrected chi connectivity index (χ0v) is 12.5. The van der Waals surface area contributed by atoms with Crippen LogP contribution in [0.25, 0.3) is 11.0 Å². The lowest BCUT2D eigenvalue weighted by molar-refractivity contribution is 0.0953. The Balaban J connectivity index is 1.64. The Morgan fingerprint density at radius 2 is 1.78 bits per heavy atom. The number of hydrogen-bond acceptors (Lipinski definition) is 4. The fraction of sp³-hybridized carbons (Fsp3) is 0.158. The first-order chi connectivity index (χ1) is 11.1. The molecule has 1 aromatic heterocycles. The molecule has 2 atom stereocenters. The Kier molecular flexibility index (Phi) is 3.13. The summed E-state index contributed by atoms with van der Waals surface area (Å²) >= 11 is 0. The number of Topliss-reactive ketones (excluding diaryl/α,β-unsaturated/α-hetero) is 1. The zero-order valence-electron chi connectivity index (χ0n) is 12.5. The quantitative estimate of drug-likeness (QED) is 0.549. The van der Waals surface area contributed by atoms with Gasteiger partial charge in [0.2, 0.25) is 0 Å². The first-order valence-electron chi connectivity index (χ1n) is 7.42. The summed E-state index contributed by atoms with van der Waals surface area (Å²) in [5.41, 5.74) is 2.46. The molecule has 0 bridgehead atoms. The summed E-state index contributed by atoms with van der Waals surface area (Å²) in [6.07, 6.45) is 0.268. The summed E-state index contributed by atoms with van der Waals surface area (Å²) in [5, 5.41) is 0.502. The standard InChI is InChI=1S/C19H14O4/c1-11-6-8-12(9-7-11)16(20)19-18(23-19)14-10-22-15-5-3-2-4-13(15)17(14)21/h2-10,18-19H,1H3. The summed E-state index contributed by atoms with van der Waals surface area (Å²) < 4.78 is 11.0. The Morgan fingerprint density at radius 1 is 1.04 bits per heavy atom. The fourth-order valence-corrected chi connectivity index (χ4v) is 2.72. The van der Waals surface area contributed by atoms with E-state index in [-0.39, 0.29) is 11.2 Å². The third kappa shape index (κ3) is 2.37. The van der Waals surface area contributed by atoms with E-state index in [4.69, 9.17) is 9.15 Å². The molecule has 4 heteroatoms. The van der Waals surface area contributed by atoms with Gasteiger partial charge in [-0.25, -0.2) is 0 Å². The van der Waals surface area contributed by atoms with Gasteiger partial charge in [0.1, 0.15) is 18.0 Å². The van der Waals surface area contributed by atoms with Crippen molar-refractivity contribution in [3.8, 4) is 0 Å². The molecule has 0 radical (unpaired) electrons. The maximum absolute atomic E-state index is 12.5. The number of carbonyl (C=O) groups is 1. The maximum atomic E-state index is 12.5. The van der Waals surface area contributed by atoms with Crippen LogP contribution >= 0.6 is 0 Å². The number of para-hydroxylation sites is 1. The molecule has 0 saturated carbocycles. The first kappa shape index (κ1) is 13.9. The second-order valence-electron chi connectivity index (χ2n) is 5.72. The highest BCUT2D eigenvalue weighted by Gasteiger charge is 2.48. The molecule has 2 unspecified atom stereocenters. The molecule has 2 heterocycles. The lowest BCUT2D eigenvalue weighted by Crippen LogP contribution is -2.13. The summed E-state index contributed by atoms with van der Waals surface area (Å²) in [6.45, 7) is 1.96. The second-order valence-corrected chi connectivity index (χ2v) is 5.72. The molecule has 1 aliphatic rings. The molecule has 4 rings (SSSR count). The molecule has 114 valence electrons. The van der Waals surface area contributed by atoms with Crippen LogP contribution in [-0.2, 0) is 4.74 Å². The van der Waals surface area contributed by atoms with Crippen molar-refractivity contribution in [1.29, 1.82) is 0 Å². The maximum Gasteiger partial charge on any atom is 0.198 e. The van der Waals surface area contributed by atoms with Crippen LogP contribution in [0.15, 0.2) is 64.0 Å². The summed E-state index contributed by atoms with van der Waals surface area (Å²) in [6, 6.07) is 14.4. The molecule has 0 spiro atoms. The van der Waals surface area contributed by atoms with Gasteiger partial charge in [-0.05, 0) is 19.1 Å². The Hall–Kier alpha value is -2.72. The first-order valence-corrected chi connectivity index (χ1v) is 7.42. The van der Waals surface area contributed by atoms with E-state index in [1.165, 1.54) is 6.26 Å². The van der Waals surface area contributed by atoms with E-state index in [1.54, 1.807) is 30.3 Å². The van der Waals surface area contributed by atoms with Crippen LogP contribution in [-0.4, -0.2) is 11.9 Å². The Labute approximate surface area is 132 Å². The number of aryl methyl sites for hydroxylation is 1. The van der Waals surface area contributed by atoms with Gasteiger partial charge in [0.25, 0.3) is 0 Å². The zero-order chi connectivity index (χ0) is 16.0. The average molecular weight is 306 g/mol. The van der Waals surface area contributed by atoms with Crippen LogP contribution in [0, 0.1) is 6.92 Å². The van der Waals surface area contributed by atoms with E-state index in [0.29, 0.717) is 22.1 Å². The number of benzene rings is 2. The van der Waals surface area contributed by atoms with Gasteiger partial charge in [-0.1, -0.05) is 42.0 Å². The highest BCUT2D eigenvalue weighted by atomic mass is 16.6. The van der Waals surface area contributed by atoms with Crippen LogP contribution in [0.3, 0.4) is 0 Å². The Bertz CT molecular complexity index is 953. The van der Waals surface area contributed by atoms with Crippen molar-refractivity contribution < 1.29 is 13.9 Å². The number of hydrogen-bond donors (Lipinski definition) is 0. The minimum Gasteiger partial charge on any atom is -0.464 e. The highest BCUT2D eigenvalue weighted by Crippen LogP contribution is 2.39. The van der Waals surface area contributed by atoms with Gasteiger partial charge in [0.15, 0.2) is 17.3 Å². The normalized spacial score (nSPS) is 19.7. The molecule has 2 aromatic carbocycles. The number of ketones is 1. The van der Waals surface area contributed by atoms with Crippen LogP contribution in [0.2, 0.25) is 0 Å². The molecule has 0 N–H and O–H groups in total. The van der Waals surface area contributed by atoms with Gasteiger partial charge in [-0.2, -0.15) is 0 Å². The molecular weight excluding hydrogens is 292 g/mol. The van der Waals surface area contributed by atoms with E-state index < -0.39 is 12.2 Å². The molecule has 1 fully saturated rings. The minimum absolute atomic E-state index is 0.109. The lowest BCUT2D eigenvalue weighted by atomic mass is 10.0. The number of epoxide rings is 1. The number of fused-ring (bicyclic) bond motifs is 1. The van der Waals surface area contributed by atoms with Crippen molar-refractivity contribution in [3.05, 3.63) is 81.7 Å². The average Bonchev–Trinajstić information content (AvgIpc) is 3.36. The predicted molar refractivity (Wildman–Crippen MR) is 85.6 cm³/mol. The van der Waals surface area contributed by atoms with Crippen molar-refractivity contribution in [2.24, 2.45) is 0 Å². The number of ether oxygens (including phenoxy) is 1. The summed E-state index contributed by atoms with van der Waals surface area (Å²) in [7, 11) is 0. The summed E-state index contributed by atoms with van der Waals surface area (Å²) in [4.78, 5) is 24.9. The molecule has 0 aliphatic carbocycles. The van der Waals surface area contributed by atoms with Crippen molar-refractivity contribution in [2.75, 3.05) is 0 Å². The van der Waals surface area contributed by atoms with Gasteiger partial charge in [0, 0.05) is 5.56 Å². The van der Waals surface area contributed by atoms with Crippen LogP contribution in [0.5, 0.6) is 0 Å². The van der Waals surface area contributed by atoms with Gasteiger partial charge in [-0.3, -0.25) is 9.59 Å². The number of rotatable bonds is 3. The predicted octanol–water partition coefficient (Wildman–Crippen LogP) is 3.42. The topological polar surface area (TPSA) is 59.8 Å². The van der Waals surface area contributed by atoms with E-state index in [9.17, 15) is 9.59 Å². The molecule has 1 aliphatic heterocycles.